The van der Waals surface area contributed by atoms with Gasteiger partial charge in [-0.2, -0.15) is 0 Å². The number of pyridine rings is 1. The van der Waals surface area contributed by atoms with Gasteiger partial charge < -0.3 is 43.7 Å². The van der Waals surface area contributed by atoms with Crippen LogP contribution < -0.4 is 14.8 Å². The van der Waals surface area contributed by atoms with Crippen molar-refractivity contribution in [2.75, 3.05) is 90.8 Å². The van der Waals surface area contributed by atoms with Crippen molar-refractivity contribution < 1.29 is 28.5 Å². The van der Waals surface area contributed by atoms with Crippen LogP contribution in [0.4, 0.5) is 5.69 Å². The Morgan fingerprint density at radius 3 is 1.60 bits per heavy atom. The predicted molar refractivity (Wildman–Crippen MR) is 242 cm³/mol. The Kier molecular flexibility index (Phi) is 14.6. The number of rotatable bonds is 12. The van der Waals surface area contributed by atoms with Crippen LogP contribution in [-0.2, 0) is 29.8 Å². The van der Waals surface area contributed by atoms with Gasteiger partial charge >= 0.3 is 0 Å². The molecule has 1 N–H and O–H groups in total. The Hall–Kier alpha value is -3.74. The SMILES string of the molecule is O=C(N1CCOCC1)C1(c2ccc(OC3CCN(C4CCC4)CC3)cc2)CCOCC1.c1cncc(NCC2(c3ccc(OC4CCN(C5CCC5)CC4)cc3)CCOCC2)c1. The zero-order valence-electron chi connectivity index (χ0n) is 37.1. The first-order valence-electron chi connectivity index (χ1n) is 24.2. The summed E-state index contributed by atoms with van der Waals surface area (Å²) in [6.45, 7) is 11.1. The van der Waals surface area contributed by atoms with Crippen molar-refractivity contribution >= 4 is 11.6 Å². The van der Waals surface area contributed by atoms with E-state index in [1.165, 1.54) is 57.2 Å². The zero-order valence-corrected chi connectivity index (χ0v) is 37.1. The second-order valence-electron chi connectivity index (χ2n) is 19.0. The highest BCUT2D eigenvalue weighted by Crippen LogP contribution is 2.39. The van der Waals surface area contributed by atoms with E-state index < -0.39 is 5.41 Å². The lowest BCUT2D eigenvalue weighted by atomic mass is 9.73. The fourth-order valence-corrected chi connectivity index (χ4v) is 10.8. The Morgan fingerprint density at radius 2 is 1.11 bits per heavy atom. The third-order valence-electron chi connectivity index (χ3n) is 15.4. The van der Waals surface area contributed by atoms with Crippen molar-refractivity contribution in [2.24, 2.45) is 0 Å². The number of anilines is 1. The molecule has 11 heteroatoms. The molecule has 2 aliphatic carbocycles. The number of morpholine rings is 1. The van der Waals surface area contributed by atoms with E-state index in [0.29, 0.717) is 51.7 Å². The Balaban J connectivity index is 0.000000158. The van der Waals surface area contributed by atoms with Crippen LogP contribution in [0.15, 0.2) is 73.1 Å². The van der Waals surface area contributed by atoms with Crippen LogP contribution in [0, 0.1) is 0 Å². The number of nitrogens with zero attached hydrogens (tertiary/aromatic N) is 4. The molecule has 5 aliphatic heterocycles. The summed E-state index contributed by atoms with van der Waals surface area (Å²) in [5.41, 5.74) is 3.14. The highest BCUT2D eigenvalue weighted by Gasteiger charge is 2.44. The smallest absolute Gasteiger partial charge is 0.233 e. The van der Waals surface area contributed by atoms with E-state index >= 15 is 0 Å². The molecule has 3 aromatic rings. The number of piperidine rings is 2. The Bertz CT molecular complexity index is 1810. The fraction of sp³-hybridized carbons (Fsp3) is 0.647. The quantitative estimate of drug-likeness (QED) is 0.196. The fourth-order valence-electron chi connectivity index (χ4n) is 10.8. The number of carbonyl (C=O) groups excluding carboxylic acids is 1. The summed E-state index contributed by atoms with van der Waals surface area (Å²) in [5, 5.41) is 3.60. The van der Waals surface area contributed by atoms with Crippen molar-refractivity contribution in [1.29, 1.82) is 0 Å². The maximum atomic E-state index is 13.6. The van der Waals surface area contributed by atoms with Crippen LogP contribution >= 0.6 is 0 Å². The normalized spacial score (nSPS) is 24.2. The predicted octanol–water partition coefficient (Wildman–Crippen LogP) is 7.63. The standard InChI is InChI=1S/C26H35N3O2.C25H36N2O4/c1-4-23(5-1)29-15-10-25(11-16-29)31-24-8-6-21(7-9-24)26(12-17-30-18-13-26)20-28-22-3-2-14-27-19-22;28-24(27-14-18-30-19-15-27)25(10-16-29-17-11-25)20-4-6-22(7-5-20)31-23-8-12-26(13-9-23)21-2-1-3-21/h2-3,6-9,14,19,23,25,28H,1,4-5,10-13,15-18,20H2;4-7,21,23H,1-3,8-19H2. The van der Waals surface area contributed by atoms with E-state index in [1.54, 1.807) is 0 Å². The summed E-state index contributed by atoms with van der Waals surface area (Å²) < 4.78 is 29.5. The number of likely N-dealkylation sites (tertiary alicyclic amines) is 2. The second kappa shape index (κ2) is 20.8. The summed E-state index contributed by atoms with van der Waals surface area (Å²) in [7, 11) is 0. The van der Waals surface area contributed by atoms with E-state index in [-0.39, 0.29) is 11.3 Å². The third-order valence-corrected chi connectivity index (χ3v) is 15.4. The molecule has 2 saturated carbocycles. The van der Waals surface area contributed by atoms with Gasteiger partial charge in [-0.05, 0) is 125 Å². The molecule has 2 aromatic carbocycles. The molecule has 0 bridgehead atoms. The molecule has 7 fully saturated rings. The lowest BCUT2D eigenvalue weighted by Crippen LogP contribution is -2.53. The summed E-state index contributed by atoms with van der Waals surface area (Å²) in [6.07, 6.45) is 20.8. The van der Waals surface area contributed by atoms with Crippen LogP contribution in [0.2, 0.25) is 0 Å². The molecular formula is C51H71N5O6. The molecular weight excluding hydrogens is 779 g/mol. The number of nitrogens with one attached hydrogen (secondary N) is 1. The maximum absolute atomic E-state index is 13.6. The highest BCUT2D eigenvalue weighted by molar-refractivity contribution is 5.88. The molecule has 1 aromatic heterocycles. The molecule has 0 atom stereocenters. The minimum atomic E-state index is -0.484. The average molecular weight is 850 g/mol. The van der Waals surface area contributed by atoms with Gasteiger partial charge in [-0.25, -0.2) is 0 Å². The molecule has 7 aliphatic rings. The van der Waals surface area contributed by atoms with Crippen LogP contribution in [0.1, 0.15) is 101 Å². The van der Waals surface area contributed by atoms with E-state index in [2.05, 4.69) is 74.7 Å². The number of amides is 1. The molecule has 6 heterocycles. The Labute approximate surface area is 370 Å². The number of benzene rings is 2. The van der Waals surface area contributed by atoms with Crippen molar-refractivity contribution in [3.63, 3.8) is 0 Å². The van der Waals surface area contributed by atoms with Gasteiger partial charge in [0.15, 0.2) is 0 Å². The van der Waals surface area contributed by atoms with Crippen LogP contribution in [0.3, 0.4) is 0 Å². The van der Waals surface area contributed by atoms with E-state index in [0.717, 1.165) is 119 Å². The van der Waals surface area contributed by atoms with E-state index in [1.807, 2.05) is 23.4 Å². The molecule has 0 unspecified atom stereocenters. The molecule has 62 heavy (non-hydrogen) atoms. The third kappa shape index (κ3) is 10.4. The van der Waals surface area contributed by atoms with Crippen molar-refractivity contribution in [2.45, 2.75) is 125 Å². The molecule has 1 amide bonds. The molecule has 0 spiro atoms. The lowest BCUT2D eigenvalue weighted by Gasteiger charge is -2.42. The van der Waals surface area contributed by atoms with Crippen molar-refractivity contribution in [3.05, 3.63) is 84.2 Å². The number of ether oxygens (including phenoxy) is 5. The Morgan fingerprint density at radius 1 is 0.613 bits per heavy atom. The molecule has 336 valence electrons. The van der Waals surface area contributed by atoms with Gasteiger partial charge in [-0.1, -0.05) is 37.1 Å². The van der Waals surface area contributed by atoms with Crippen LogP contribution in [-0.4, -0.2) is 135 Å². The number of hydrogen-bond acceptors (Lipinski definition) is 10. The van der Waals surface area contributed by atoms with Gasteiger partial charge in [0.2, 0.25) is 5.91 Å². The maximum Gasteiger partial charge on any atom is 0.233 e. The van der Waals surface area contributed by atoms with Crippen LogP contribution in [0.25, 0.3) is 0 Å². The van der Waals surface area contributed by atoms with Gasteiger partial charge in [0, 0.05) is 102 Å². The van der Waals surface area contributed by atoms with Crippen molar-refractivity contribution in [1.82, 2.24) is 19.7 Å². The van der Waals surface area contributed by atoms with E-state index in [9.17, 15) is 4.79 Å². The summed E-state index contributed by atoms with van der Waals surface area (Å²) in [6, 6.07) is 23.0. The van der Waals surface area contributed by atoms with Crippen molar-refractivity contribution in [3.8, 4) is 11.5 Å². The highest BCUT2D eigenvalue weighted by atomic mass is 16.5. The first kappa shape index (κ1) is 43.5. The minimum absolute atomic E-state index is 0.0841. The second-order valence-corrected chi connectivity index (χ2v) is 19.0. The first-order valence-corrected chi connectivity index (χ1v) is 24.2. The monoisotopic (exact) mass is 850 g/mol. The largest absolute Gasteiger partial charge is 0.490 e. The van der Waals surface area contributed by atoms with Gasteiger partial charge in [0.1, 0.15) is 23.7 Å². The number of hydrogen-bond donors (Lipinski definition) is 1. The molecule has 11 nitrogen and oxygen atoms in total. The van der Waals surface area contributed by atoms with Gasteiger partial charge in [0.25, 0.3) is 0 Å². The van der Waals surface area contributed by atoms with Gasteiger partial charge in [-0.3, -0.25) is 9.78 Å². The summed E-state index contributed by atoms with van der Waals surface area (Å²) in [5.74, 6) is 2.16. The zero-order chi connectivity index (χ0) is 42.0. The molecule has 5 saturated heterocycles. The minimum Gasteiger partial charge on any atom is -0.490 e. The molecule has 0 radical (unpaired) electrons. The summed E-state index contributed by atoms with van der Waals surface area (Å²) >= 11 is 0. The van der Waals surface area contributed by atoms with Gasteiger partial charge in [0.05, 0.1) is 24.3 Å². The average Bonchev–Trinajstić information content (AvgIpc) is 3.30. The topological polar surface area (TPSA) is 97.9 Å². The lowest BCUT2D eigenvalue weighted by molar-refractivity contribution is -0.145. The van der Waals surface area contributed by atoms with Crippen LogP contribution in [0.5, 0.6) is 11.5 Å². The molecule has 10 rings (SSSR count). The van der Waals surface area contributed by atoms with Gasteiger partial charge in [-0.15, -0.1) is 0 Å². The number of aromatic nitrogens is 1. The first-order chi connectivity index (χ1) is 30.6. The summed E-state index contributed by atoms with van der Waals surface area (Å²) in [4.78, 5) is 25.1. The van der Waals surface area contributed by atoms with E-state index in [4.69, 9.17) is 23.7 Å². The number of carbonyl (C=O) groups is 1.